The molecule has 0 aromatic rings. The summed E-state index contributed by atoms with van der Waals surface area (Å²) >= 11 is 0. The molecule has 1 rings (SSSR count). The van der Waals surface area contributed by atoms with Gasteiger partial charge in [-0.2, -0.15) is 9.59 Å². The average Bonchev–Trinajstić information content (AvgIpc) is 2.44. The molecule has 0 aliphatic carbocycles. The summed E-state index contributed by atoms with van der Waals surface area (Å²) in [7, 11) is 1.16. The fourth-order valence-corrected chi connectivity index (χ4v) is 2.88. The molecular formula is C15H26NO7+. The summed E-state index contributed by atoms with van der Waals surface area (Å²) in [5, 5.41) is 18.8. The first-order valence-corrected chi connectivity index (χ1v) is 7.62. The SMILES string of the molecule is COC(=O)[C@H]1CC(CCO)CC[N@+]1(C(=O)O)C(=O)OC(C)(C)C. The van der Waals surface area contributed by atoms with Crippen molar-refractivity contribution in [1.29, 1.82) is 0 Å². The largest absolute Gasteiger partial charge is 0.527 e. The van der Waals surface area contributed by atoms with Crippen molar-refractivity contribution < 1.29 is 38.6 Å². The minimum atomic E-state index is -1.43. The lowest BCUT2D eigenvalue weighted by Gasteiger charge is -2.41. The number of piperidine rings is 1. The molecule has 1 aliphatic rings. The van der Waals surface area contributed by atoms with Crippen molar-refractivity contribution in [2.24, 2.45) is 5.92 Å². The first kappa shape index (κ1) is 19.4. The van der Waals surface area contributed by atoms with Gasteiger partial charge in [0.2, 0.25) is 6.04 Å². The Morgan fingerprint density at radius 3 is 2.30 bits per heavy atom. The number of aliphatic hydroxyl groups excluding tert-OH is 1. The van der Waals surface area contributed by atoms with E-state index in [0.29, 0.717) is 12.8 Å². The fourth-order valence-electron chi connectivity index (χ4n) is 2.88. The van der Waals surface area contributed by atoms with Crippen LogP contribution in [0.1, 0.15) is 40.0 Å². The molecule has 8 heteroatoms. The number of aliphatic hydroxyl groups is 1. The Hall–Kier alpha value is -1.67. The number of hydrogen-bond acceptors (Lipinski definition) is 6. The number of likely N-dealkylation sites (tertiary alicyclic amines) is 1. The maximum atomic E-state index is 12.6. The number of carbonyl (C=O) groups excluding carboxylic acids is 2. The first-order valence-electron chi connectivity index (χ1n) is 7.62. The molecule has 0 aromatic carbocycles. The Morgan fingerprint density at radius 1 is 1.26 bits per heavy atom. The molecule has 0 spiro atoms. The van der Waals surface area contributed by atoms with Gasteiger partial charge in [0.25, 0.3) is 0 Å². The summed E-state index contributed by atoms with van der Waals surface area (Å²) in [6.45, 7) is 4.77. The van der Waals surface area contributed by atoms with Gasteiger partial charge in [-0.1, -0.05) is 0 Å². The molecule has 1 saturated heterocycles. The fraction of sp³-hybridized carbons (Fsp3) is 0.800. The number of imide groups is 1. The monoisotopic (exact) mass is 332 g/mol. The minimum absolute atomic E-state index is 0.0443. The molecule has 0 bridgehead atoms. The van der Waals surface area contributed by atoms with E-state index in [1.807, 2.05) is 0 Å². The normalized spacial score (nSPS) is 28.0. The zero-order valence-corrected chi connectivity index (χ0v) is 14.1. The van der Waals surface area contributed by atoms with Crippen molar-refractivity contribution >= 4 is 18.2 Å². The highest BCUT2D eigenvalue weighted by atomic mass is 16.6. The zero-order chi connectivity index (χ0) is 17.8. The molecule has 3 atom stereocenters. The number of esters is 1. The highest BCUT2D eigenvalue weighted by Gasteiger charge is 2.60. The van der Waals surface area contributed by atoms with Gasteiger partial charge in [-0.25, -0.2) is 4.79 Å². The summed E-state index contributed by atoms with van der Waals surface area (Å²) < 4.78 is 8.85. The van der Waals surface area contributed by atoms with Crippen LogP contribution in [-0.4, -0.2) is 64.8 Å². The van der Waals surface area contributed by atoms with Crippen LogP contribution in [0.5, 0.6) is 0 Å². The van der Waals surface area contributed by atoms with Crippen LogP contribution in [0.2, 0.25) is 0 Å². The van der Waals surface area contributed by atoms with E-state index in [4.69, 9.17) is 14.6 Å². The molecule has 8 nitrogen and oxygen atoms in total. The van der Waals surface area contributed by atoms with Crippen LogP contribution in [0.4, 0.5) is 9.59 Å². The molecule has 1 heterocycles. The Balaban J connectivity index is 3.22. The molecule has 2 amide bonds. The Labute approximate surface area is 135 Å². The van der Waals surface area contributed by atoms with E-state index in [0.717, 1.165) is 7.11 Å². The summed E-state index contributed by atoms with van der Waals surface area (Å²) in [6.07, 6.45) is -1.40. The molecule has 1 aliphatic heterocycles. The van der Waals surface area contributed by atoms with E-state index < -0.39 is 34.3 Å². The second kappa shape index (κ2) is 7.27. The highest BCUT2D eigenvalue weighted by molar-refractivity contribution is 5.83. The van der Waals surface area contributed by atoms with Crippen LogP contribution in [0.3, 0.4) is 0 Å². The molecule has 1 unspecified atom stereocenters. The van der Waals surface area contributed by atoms with Gasteiger partial charge in [-0.15, -0.1) is 4.48 Å². The Bertz CT molecular complexity index is 471. The van der Waals surface area contributed by atoms with Gasteiger partial charge in [-0.3, -0.25) is 0 Å². The molecule has 1 fully saturated rings. The molecule has 23 heavy (non-hydrogen) atoms. The number of rotatable bonds is 3. The number of amides is 2. The molecule has 0 saturated carbocycles. The maximum Gasteiger partial charge on any atom is 0.527 e. The number of carbonyl (C=O) groups is 3. The lowest BCUT2D eigenvalue weighted by atomic mass is 9.87. The molecule has 2 N–H and O–H groups in total. The van der Waals surface area contributed by atoms with E-state index in [1.165, 1.54) is 0 Å². The molecule has 0 aromatic heterocycles. The second-order valence-electron chi connectivity index (χ2n) is 6.80. The smallest absolute Gasteiger partial charge is 0.465 e. The van der Waals surface area contributed by atoms with Crippen molar-refractivity contribution in [3.05, 3.63) is 0 Å². The van der Waals surface area contributed by atoms with Crippen molar-refractivity contribution in [3.8, 4) is 0 Å². The zero-order valence-electron chi connectivity index (χ0n) is 14.1. The number of nitrogens with zero attached hydrogens (tertiary/aromatic N) is 1. The van der Waals surface area contributed by atoms with E-state index in [9.17, 15) is 19.5 Å². The van der Waals surface area contributed by atoms with Crippen LogP contribution in [0, 0.1) is 5.92 Å². The average molecular weight is 332 g/mol. The summed E-state index contributed by atoms with van der Waals surface area (Å²) in [5.74, 6) is -0.807. The lowest BCUT2D eigenvalue weighted by Crippen LogP contribution is -2.68. The Morgan fingerprint density at radius 2 is 1.87 bits per heavy atom. The third-order valence-corrected chi connectivity index (χ3v) is 4.05. The van der Waals surface area contributed by atoms with Gasteiger partial charge >= 0.3 is 18.2 Å². The number of methoxy groups -OCH3 is 1. The van der Waals surface area contributed by atoms with Crippen LogP contribution in [0.15, 0.2) is 0 Å². The predicted octanol–water partition coefficient (Wildman–Crippen LogP) is 1.75. The van der Waals surface area contributed by atoms with Crippen LogP contribution < -0.4 is 0 Å². The molecular weight excluding hydrogens is 306 g/mol. The van der Waals surface area contributed by atoms with Crippen molar-refractivity contribution in [1.82, 2.24) is 0 Å². The lowest BCUT2D eigenvalue weighted by molar-refractivity contribution is -0.811. The molecule has 0 radical (unpaired) electrons. The van der Waals surface area contributed by atoms with E-state index in [1.54, 1.807) is 20.8 Å². The summed E-state index contributed by atoms with van der Waals surface area (Å²) in [5.41, 5.74) is -0.875. The summed E-state index contributed by atoms with van der Waals surface area (Å²) in [6, 6.07) is -1.18. The number of hydrogen-bond donors (Lipinski definition) is 2. The van der Waals surface area contributed by atoms with Crippen LogP contribution in [0.25, 0.3) is 0 Å². The third-order valence-electron chi connectivity index (χ3n) is 4.05. The van der Waals surface area contributed by atoms with E-state index in [2.05, 4.69) is 0 Å². The second-order valence-corrected chi connectivity index (χ2v) is 6.80. The van der Waals surface area contributed by atoms with Gasteiger partial charge in [0.1, 0.15) is 12.1 Å². The van der Waals surface area contributed by atoms with Gasteiger partial charge in [0, 0.05) is 19.4 Å². The van der Waals surface area contributed by atoms with E-state index in [-0.39, 0.29) is 25.5 Å². The third kappa shape index (κ3) is 4.20. The topological polar surface area (TPSA) is 110 Å². The van der Waals surface area contributed by atoms with Gasteiger partial charge in [0.05, 0.1) is 7.11 Å². The summed E-state index contributed by atoms with van der Waals surface area (Å²) in [4.78, 5) is 36.6. The Kier molecular flexibility index (Phi) is 6.12. The minimum Gasteiger partial charge on any atom is -0.465 e. The van der Waals surface area contributed by atoms with Crippen LogP contribution >= 0.6 is 0 Å². The number of ether oxygens (including phenoxy) is 2. The van der Waals surface area contributed by atoms with Crippen LogP contribution in [-0.2, 0) is 14.3 Å². The number of carboxylic acid groups (broad SMARTS) is 1. The predicted molar refractivity (Wildman–Crippen MR) is 79.6 cm³/mol. The quantitative estimate of drug-likeness (QED) is 0.598. The highest BCUT2D eigenvalue weighted by Crippen LogP contribution is 2.34. The standard InChI is InChI=1S/C15H25NO7/c1-15(2,3)23-14(21)16(13(19)20)7-5-10(6-8-17)9-11(16)12(18)22-4/h10-11,17H,5-9H2,1-4H3/p+1/t10?,11-,16+/m1/s1. The number of quaternary nitrogens is 1. The van der Waals surface area contributed by atoms with Gasteiger partial charge in [-0.05, 0) is 33.1 Å². The van der Waals surface area contributed by atoms with Crippen molar-refractivity contribution in [2.45, 2.75) is 51.7 Å². The first-order chi connectivity index (χ1) is 10.6. The van der Waals surface area contributed by atoms with Crippen molar-refractivity contribution in [2.75, 3.05) is 20.3 Å². The van der Waals surface area contributed by atoms with Crippen molar-refractivity contribution in [3.63, 3.8) is 0 Å². The van der Waals surface area contributed by atoms with E-state index >= 15 is 0 Å². The van der Waals surface area contributed by atoms with Gasteiger partial charge in [0.15, 0.2) is 0 Å². The molecule has 132 valence electrons. The van der Waals surface area contributed by atoms with Gasteiger partial charge < -0.3 is 19.7 Å². The maximum absolute atomic E-state index is 12.6.